The topological polar surface area (TPSA) is 54.0 Å². The molecule has 0 bridgehead atoms. The average Bonchev–Trinajstić information content (AvgIpc) is 3.18. The summed E-state index contributed by atoms with van der Waals surface area (Å²) in [6, 6.07) is 4.71. The predicted molar refractivity (Wildman–Crippen MR) is 85.4 cm³/mol. The third kappa shape index (κ3) is 3.85. The molecule has 0 spiro atoms. The van der Waals surface area contributed by atoms with Crippen LogP contribution in [0.1, 0.15) is 5.56 Å². The number of nitrogens with one attached hydrogen (secondary N) is 2. The number of hydrogen-bond acceptors (Lipinski definition) is 5. The summed E-state index contributed by atoms with van der Waals surface area (Å²) in [6.45, 7) is 0. The Kier molecular flexibility index (Phi) is 4.60. The van der Waals surface area contributed by atoms with Crippen LogP contribution in [0.3, 0.4) is 0 Å². The second-order valence-electron chi connectivity index (χ2n) is 4.88. The Hall–Kier alpha value is -1.58. The zero-order valence-electron chi connectivity index (χ0n) is 11.7. The van der Waals surface area contributed by atoms with Gasteiger partial charge in [0.25, 0.3) is 0 Å². The van der Waals surface area contributed by atoms with Crippen LogP contribution in [0.5, 0.6) is 0 Å². The minimum Gasteiger partial charge on any atom is -0.301 e. The minimum absolute atomic E-state index is 0.181. The molecule has 1 fully saturated rings. The molecule has 3 rings (SSSR count). The fraction of sp³-hybridized carbons (Fsp3) is 0.286. The first-order valence-electron chi connectivity index (χ1n) is 6.68. The molecule has 0 saturated carbocycles. The van der Waals surface area contributed by atoms with E-state index in [1.807, 2.05) is 0 Å². The normalized spacial score (nSPS) is 18.1. The van der Waals surface area contributed by atoms with Gasteiger partial charge in [-0.3, -0.25) is 10.1 Å². The largest absolute Gasteiger partial charge is 0.416 e. The Morgan fingerprint density at radius 1 is 1.39 bits per heavy atom. The van der Waals surface area contributed by atoms with Gasteiger partial charge in [0.15, 0.2) is 5.13 Å². The van der Waals surface area contributed by atoms with E-state index >= 15 is 0 Å². The lowest BCUT2D eigenvalue weighted by Crippen LogP contribution is -2.37. The van der Waals surface area contributed by atoms with Crippen molar-refractivity contribution in [2.75, 3.05) is 16.9 Å². The molecule has 1 aromatic carbocycles. The monoisotopic (exact) mass is 359 g/mol. The number of halogens is 3. The molecule has 1 saturated heterocycles. The van der Waals surface area contributed by atoms with E-state index in [1.165, 1.54) is 17.4 Å². The standard InChI is InChI=1S/C14H12F3N3OS2/c15-14(16,17)9-3-1-2-8(4-9)10-6-23-13(19-10)20-12(21)11-5-22-7-18-11/h1-4,6,11,18H,5,7H2,(H,19,20,21). The van der Waals surface area contributed by atoms with E-state index in [-0.39, 0.29) is 11.9 Å². The van der Waals surface area contributed by atoms with Crippen LogP contribution in [-0.4, -0.2) is 28.6 Å². The number of hydrogen-bond donors (Lipinski definition) is 2. The van der Waals surface area contributed by atoms with E-state index in [0.29, 0.717) is 22.1 Å². The highest BCUT2D eigenvalue weighted by molar-refractivity contribution is 7.99. The molecule has 2 heterocycles. The number of amides is 1. The molecule has 0 aliphatic carbocycles. The number of carbonyl (C=O) groups excluding carboxylic acids is 1. The van der Waals surface area contributed by atoms with Crippen molar-refractivity contribution in [1.29, 1.82) is 0 Å². The van der Waals surface area contributed by atoms with Gasteiger partial charge < -0.3 is 5.32 Å². The molecule has 122 valence electrons. The summed E-state index contributed by atoms with van der Waals surface area (Å²) >= 11 is 2.82. The summed E-state index contributed by atoms with van der Waals surface area (Å²) in [5, 5.41) is 7.73. The fourth-order valence-corrected chi connectivity index (χ4v) is 3.74. The summed E-state index contributed by atoms with van der Waals surface area (Å²) in [4.78, 5) is 16.2. The smallest absolute Gasteiger partial charge is 0.301 e. The number of alkyl halides is 3. The summed E-state index contributed by atoms with van der Waals surface area (Å²) in [5.74, 6) is 1.24. The lowest BCUT2D eigenvalue weighted by atomic mass is 10.1. The number of aromatic nitrogens is 1. The first-order chi connectivity index (χ1) is 10.9. The van der Waals surface area contributed by atoms with Gasteiger partial charge in [-0.05, 0) is 12.1 Å². The van der Waals surface area contributed by atoms with Gasteiger partial charge >= 0.3 is 6.18 Å². The minimum atomic E-state index is -4.39. The van der Waals surface area contributed by atoms with Crippen LogP contribution >= 0.6 is 23.1 Å². The van der Waals surface area contributed by atoms with Gasteiger partial charge in [-0.15, -0.1) is 23.1 Å². The fourth-order valence-electron chi connectivity index (χ4n) is 2.07. The van der Waals surface area contributed by atoms with Crippen LogP contribution in [0.15, 0.2) is 29.6 Å². The van der Waals surface area contributed by atoms with Gasteiger partial charge in [-0.1, -0.05) is 12.1 Å². The zero-order valence-corrected chi connectivity index (χ0v) is 13.3. The average molecular weight is 359 g/mol. The molecular weight excluding hydrogens is 347 g/mol. The molecule has 2 N–H and O–H groups in total. The summed E-state index contributed by atoms with van der Waals surface area (Å²) in [5.41, 5.74) is 0.0528. The predicted octanol–water partition coefficient (Wildman–Crippen LogP) is 3.43. The Morgan fingerprint density at radius 2 is 2.22 bits per heavy atom. The van der Waals surface area contributed by atoms with Gasteiger partial charge in [0.05, 0.1) is 17.3 Å². The molecule has 2 aromatic rings. The lowest BCUT2D eigenvalue weighted by molar-refractivity contribution is -0.137. The third-order valence-electron chi connectivity index (χ3n) is 3.25. The van der Waals surface area contributed by atoms with E-state index in [9.17, 15) is 18.0 Å². The maximum atomic E-state index is 12.7. The van der Waals surface area contributed by atoms with E-state index in [4.69, 9.17) is 0 Å². The molecule has 23 heavy (non-hydrogen) atoms. The molecule has 1 aromatic heterocycles. The number of anilines is 1. The SMILES string of the molecule is O=C(Nc1nc(-c2cccc(C(F)(F)F)c2)cs1)C1CSCN1. The van der Waals surface area contributed by atoms with Gasteiger partial charge in [0.1, 0.15) is 0 Å². The molecule has 1 aliphatic rings. The third-order valence-corrected chi connectivity index (χ3v) is 4.95. The molecule has 1 unspecified atom stereocenters. The van der Waals surface area contributed by atoms with Crippen molar-refractivity contribution < 1.29 is 18.0 Å². The van der Waals surface area contributed by atoms with Crippen molar-refractivity contribution in [3.8, 4) is 11.3 Å². The van der Waals surface area contributed by atoms with E-state index in [1.54, 1.807) is 23.2 Å². The Morgan fingerprint density at radius 3 is 2.91 bits per heavy atom. The second kappa shape index (κ2) is 6.50. The van der Waals surface area contributed by atoms with E-state index in [0.717, 1.165) is 18.0 Å². The molecular formula is C14H12F3N3OS2. The van der Waals surface area contributed by atoms with Gasteiger partial charge in [0.2, 0.25) is 5.91 Å². The molecule has 4 nitrogen and oxygen atoms in total. The highest BCUT2D eigenvalue weighted by atomic mass is 32.2. The van der Waals surface area contributed by atoms with Crippen LogP contribution < -0.4 is 10.6 Å². The Bertz CT molecular complexity index is 711. The second-order valence-corrected chi connectivity index (χ2v) is 6.77. The van der Waals surface area contributed by atoms with Crippen LogP contribution in [0.25, 0.3) is 11.3 Å². The first-order valence-corrected chi connectivity index (χ1v) is 8.72. The maximum Gasteiger partial charge on any atom is 0.416 e. The van der Waals surface area contributed by atoms with Gasteiger partial charge in [-0.25, -0.2) is 4.98 Å². The van der Waals surface area contributed by atoms with Crippen LogP contribution in [0, 0.1) is 0 Å². The van der Waals surface area contributed by atoms with Crippen LogP contribution in [-0.2, 0) is 11.0 Å². The molecule has 1 aliphatic heterocycles. The highest BCUT2D eigenvalue weighted by Gasteiger charge is 2.30. The number of thioether (sulfide) groups is 1. The van der Waals surface area contributed by atoms with Crippen molar-refractivity contribution in [3.05, 3.63) is 35.2 Å². The van der Waals surface area contributed by atoms with Gasteiger partial charge in [-0.2, -0.15) is 13.2 Å². The van der Waals surface area contributed by atoms with Gasteiger partial charge in [0, 0.05) is 22.6 Å². The molecule has 1 amide bonds. The lowest BCUT2D eigenvalue weighted by Gasteiger charge is -2.08. The number of thiazole rings is 1. The molecule has 1 atom stereocenters. The summed E-state index contributed by atoms with van der Waals surface area (Å²) < 4.78 is 38.2. The van der Waals surface area contributed by atoms with Crippen molar-refractivity contribution in [3.63, 3.8) is 0 Å². The summed E-state index contributed by atoms with van der Waals surface area (Å²) in [6.07, 6.45) is -4.39. The first kappa shape index (κ1) is 16.3. The molecule has 0 radical (unpaired) electrons. The number of rotatable bonds is 3. The van der Waals surface area contributed by atoms with Crippen molar-refractivity contribution in [2.24, 2.45) is 0 Å². The van der Waals surface area contributed by atoms with E-state index in [2.05, 4.69) is 15.6 Å². The van der Waals surface area contributed by atoms with E-state index < -0.39 is 11.7 Å². The summed E-state index contributed by atoms with van der Waals surface area (Å²) in [7, 11) is 0. The Balaban J connectivity index is 1.75. The van der Waals surface area contributed by atoms with Crippen molar-refractivity contribution in [1.82, 2.24) is 10.3 Å². The van der Waals surface area contributed by atoms with Crippen molar-refractivity contribution in [2.45, 2.75) is 12.2 Å². The molecule has 9 heteroatoms. The number of benzene rings is 1. The highest BCUT2D eigenvalue weighted by Crippen LogP contribution is 2.33. The van der Waals surface area contributed by atoms with Crippen LogP contribution in [0.2, 0.25) is 0 Å². The van der Waals surface area contributed by atoms with Crippen molar-refractivity contribution >= 4 is 34.1 Å². The quantitative estimate of drug-likeness (QED) is 0.882. The zero-order chi connectivity index (χ0) is 16.4. The maximum absolute atomic E-state index is 12.7. The number of carbonyl (C=O) groups is 1. The van der Waals surface area contributed by atoms with Crippen LogP contribution in [0.4, 0.5) is 18.3 Å². The Labute approximate surface area is 138 Å². The number of nitrogens with zero attached hydrogens (tertiary/aromatic N) is 1.